The second-order valence-electron chi connectivity index (χ2n) is 5.23. The lowest BCUT2D eigenvalue weighted by Gasteiger charge is -2.14. The van der Waals surface area contributed by atoms with E-state index in [-0.39, 0.29) is 5.82 Å². The van der Waals surface area contributed by atoms with Crippen LogP contribution in [0.2, 0.25) is 0 Å². The van der Waals surface area contributed by atoms with Gasteiger partial charge in [-0.1, -0.05) is 31.2 Å². The first-order valence-corrected chi connectivity index (χ1v) is 7.19. The van der Waals surface area contributed by atoms with Crippen molar-refractivity contribution in [1.82, 2.24) is 5.32 Å². The molecule has 0 spiro atoms. The smallest absolute Gasteiger partial charge is 0.123 e. The first-order chi connectivity index (χ1) is 9.63. The molecule has 0 saturated carbocycles. The van der Waals surface area contributed by atoms with Crippen LogP contribution < -0.4 is 5.32 Å². The van der Waals surface area contributed by atoms with Crippen LogP contribution >= 0.6 is 0 Å². The van der Waals surface area contributed by atoms with Crippen molar-refractivity contribution in [2.75, 3.05) is 6.54 Å². The molecule has 2 aromatic carbocycles. The van der Waals surface area contributed by atoms with Crippen LogP contribution in [0.5, 0.6) is 0 Å². The number of benzene rings is 2. The molecule has 20 heavy (non-hydrogen) atoms. The Bertz CT molecular complexity index is 590. The van der Waals surface area contributed by atoms with Gasteiger partial charge in [0.2, 0.25) is 0 Å². The lowest BCUT2D eigenvalue weighted by molar-refractivity contribution is 0.619. The fraction of sp³-hybridized carbons (Fsp3) is 0.333. The third kappa shape index (κ3) is 3.26. The number of rotatable bonds is 5. The van der Waals surface area contributed by atoms with E-state index in [0.717, 1.165) is 24.1 Å². The van der Waals surface area contributed by atoms with Crippen molar-refractivity contribution >= 4 is 0 Å². The second-order valence-corrected chi connectivity index (χ2v) is 5.23. The average molecular weight is 271 g/mol. The first kappa shape index (κ1) is 14.7. The Morgan fingerprint density at radius 3 is 2.60 bits per heavy atom. The lowest BCUT2D eigenvalue weighted by Crippen LogP contribution is -2.14. The van der Waals surface area contributed by atoms with Crippen LogP contribution in [0.15, 0.2) is 36.4 Å². The van der Waals surface area contributed by atoms with Crippen molar-refractivity contribution < 1.29 is 4.39 Å². The Labute approximate surface area is 120 Å². The van der Waals surface area contributed by atoms with E-state index in [2.05, 4.69) is 44.3 Å². The maximum absolute atomic E-state index is 13.5. The molecule has 0 fully saturated rings. The first-order valence-electron chi connectivity index (χ1n) is 7.19. The molecule has 2 aromatic rings. The van der Waals surface area contributed by atoms with Gasteiger partial charge in [-0.25, -0.2) is 4.39 Å². The molecule has 0 aliphatic heterocycles. The molecular formula is C18H22FN. The summed E-state index contributed by atoms with van der Waals surface area (Å²) in [5.41, 5.74) is 5.86. The van der Waals surface area contributed by atoms with Crippen molar-refractivity contribution in [1.29, 1.82) is 0 Å². The van der Waals surface area contributed by atoms with Gasteiger partial charge < -0.3 is 5.32 Å². The van der Waals surface area contributed by atoms with E-state index in [1.807, 2.05) is 6.07 Å². The number of hydrogen-bond acceptors (Lipinski definition) is 1. The Balaban J connectivity index is 2.42. The van der Waals surface area contributed by atoms with Crippen LogP contribution in [0.3, 0.4) is 0 Å². The Kier molecular flexibility index (Phi) is 4.91. The molecule has 0 aliphatic carbocycles. The molecule has 1 N–H and O–H groups in total. The second kappa shape index (κ2) is 6.67. The summed E-state index contributed by atoms with van der Waals surface area (Å²) in [6.45, 7) is 8.01. The zero-order chi connectivity index (χ0) is 14.5. The molecular weight excluding hydrogens is 249 g/mol. The minimum absolute atomic E-state index is 0.174. The fourth-order valence-electron chi connectivity index (χ4n) is 2.41. The van der Waals surface area contributed by atoms with Crippen molar-refractivity contribution in [3.63, 3.8) is 0 Å². The maximum atomic E-state index is 13.5. The summed E-state index contributed by atoms with van der Waals surface area (Å²) in [5, 5.41) is 3.36. The van der Waals surface area contributed by atoms with E-state index in [4.69, 9.17) is 0 Å². The summed E-state index contributed by atoms with van der Waals surface area (Å²) in [4.78, 5) is 0. The van der Waals surface area contributed by atoms with E-state index in [0.29, 0.717) is 6.54 Å². The van der Waals surface area contributed by atoms with Gasteiger partial charge in [0.05, 0.1) is 0 Å². The zero-order valence-corrected chi connectivity index (χ0v) is 12.5. The van der Waals surface area contributed by atoms with E-state index >= 15 is 0 Å². The van der Waals surface area contributed by atoms with Crippen LogP contribution in [0.4, 0.5) is 4.39 Å². The summed E-state index contributed by atoms with van der Waals surface area (Å²) in [7, 11) is 0. The zero-order valence-electron chi connectivity index (χ0n) is 12.5. The summed E-state index contributed by atoms with van der Waals surface area (Å²) in [6, 6.07) is 11.3. The van der Waals surface area contributed by atoms with Gasteiger partial charge in [0.1, 0.15) is 5.82 Å². The van der Waals surface area contributed by atoms with Crippen molar-refractivity contribution in [3.8, 4) is 11.1 Å². The molecule has 0 atom stereocenters. The molecule has 2 heteroatoms. The highest BCUT2D eigenvalue weighted by atomic mass is 19.1. The third-order valence-electron chi connectivity index (χ3n) is 3.70. The predicted molar refractivity (Wildman–Crippen MR) is 83.3 cm³/mol. The highest BCUT2D eigenvalue weighted by molar-refractivity contribution is 5.71. The van der Waals surface area contributed by atoms with E-state index in [1.54, 1.807) is 12.1 Å². The summed E-state index contributed by atoms with van der Waals surface area (Å²) < 4.78 is 13.5. The van der Waals surface area contributed by atoms with Crippen LogP contribution in [0, 0.1) is 19.7 Å². The molecule has 106 valence electrons. The Morgan fingerprint density at radius 2 is 1.85 bits per heavy atom. The number of aryl methyl sites for hydroxylation is 1. The molecule has 0 amide bonds. The molecule has 0 heterocycles. The molecule has 0 radical (unpaired) electrons. The molecule has 1 nitrogen and oxygen atoms in total. The lowest BCUT2D eigenvalue weighted by atomic mass is 9.93. The van der Waals surface area contributed by atoms with Crippen LogP contribution in [0.25, 0.3) is 11.1 Å². The van der Waals surface area contributed by atoms with Gasteiger partial charge in [0, 0.05) is 6.54 Å². The van der Waals surface area contributed by atoms with Crippen molar-refractivity contribution in [2.45, 2.75) is 33.7 Å². The van der Waals surface area contributed by atoms with Crippen molar-refractivity contribution in [3.05, 3.63) is 58.9 Å². The van der Waals surface area contributed by atoms with E-state index in [1.165, 1.54) is 16.7 Å². The van der Waals surface area contributed by atoms with E-state index < -0.39 is 0 Å². The maximum Gasteiger partial charge on any atom is 0.123 e. The Hall–Kier alpha value is -1.67. The number of nitrogens with one attached hydrogen (secondary N) is 1. The van der Waals surface area contributed by atoms with Gasteiger partial charge in [-0.3, -0.25) is 0 Å². The average Bonchev–Trinajstić information content (AvgIpc) is 2.43. The predicted octanol–water partition coefficient (Wildman–Crippen LogP) is 4.61. The molecule has 0 aromatic heterocycles. The normalized spacial score (nSPS) is 10.8. The Morgan fingerprint density at radius 1 is 1.05 bits per heavy atom. The molecule has 0 aliphatic rings. The standard InChI is InChI=1S/C18H22FN/c1-4-10-20-12-15-11-16(19)8-9-18(15)17-7-5-6-13(2)14(17)3/h5-9,11,20H,4,10,12H2,1-3H3. The van der Waals surface area contributed by atoms with Crippen LogP contribution in [-0.4, -0.2) is 6.54 Å². The van der Waals surface area contributed by atoms with Crippen molar-refractivity contribution in [2.24, 2.45) is 0 Å². The molecule has 0 bridgehead atoms. The summed E-state index contributed by atoms with van der Waals surface area (Å²) in [5.74, 6) is -0.174. The fourth-order valence-corrected chi connectivity index (χ4v) is 2.41. The van der Waals surface area contributed by atoms with Gasteiger partial charge >= 0.3 is 0 Å². The summed E-state index contributed by atoms with van der Waals surface area (Å²) >= 11 is 0. The molecule has 0 unspecified atom stereocenters. The monoisotopic (exact) mass is 271 g/mol. The number of hydrogen-bond donors (Lipinski definition) is 1. The minimum atomic E-state index is -0.174. The molecule has 0 saturated heterocycles. The summed E-state index contributed by atoms with van der Waals surface area (Å²) in [6.07, 6.45) is 1.08. The highest BCUT2D eigenvalue weighted by Crippen LogP contribution is 2.29. The molecule has 2 rings (SSSR count). The third-order valence-corrected chi connectivity index (χ3v) is 3.70. The van der Waals surface area contributed by atoms with Crippen LogP contribution in [0.1, 0.15) is 30.0 Å². The highest BCUT2D eigenvalue weighted by Gasteiger charge is 2.09. The van der Waals surface area contributed by atoms with Gasteiger partial charge in [0.25, 0.3) is 0 Å². The minimum Gasteiger partial charge on any atom is -0.313 e. The van der Waals surface area contributed by atoms with E-state index in [9.17, 15) is 4.39 Å². The number of halogens is 1. The quantitative estimate of drug-likeness (QED) is 0.783. The van der Waals surface area contributed by atoms with Gasteiger partial charge in [-0.2, -0.15) is 0 Å². The van der Waals surface area contributed by atoms with Gasteiger partial charge in [-0.15, -0.1) is 0 Å². The topological polar surface area (TPSA) is 12.0 Å². The van der Waals surface area contributed by atoms with Gasteiger partial charge in [0.15, 0.2) is 0 Å². The largest absolute Gasteiger partial charge is 0.313 e. The van der Waals surface area contributed by atoms with Crippen LogP contribution in [-0.2, 0) is 6.54 Å². The van der Waals surface area contributed by atoms with Gasteiger partial charge in [-0.05, 0) is 66.8 Å². The SMILES string of the molecule is CCCNCc1cc(F)ccc1-c1cccc(C)c1C.